The van der Waals surface area contributed by atoms with Crippen LogP contribution in [0, 0.1) is 11.3 Å². The van der Waals surface area contributed by atoms with E-state index in [0.29, 0.717) is 22.8 Å². The van der Waals surface area contributed by atoms with Crippen molar-refractivity contribution in [2.75, 3.05) is 6.61 Å². The topological polar surface area (TPSA) is 50.1 Å². The van der Waals surface area contributed by atoms with Gasteiger partial charge in [-0.3, -0.25) is 4.79 Å². The van der Waals surface area contributed by atoms with E-state index in [2.05, 4.69) is 0 Å². The van der Waals surface area contributed by atoms with Gasteiger partial charge in [0.15, 0.2) is 0 Å². The summed E-state index contributed by atoms with van der Waals surface area (Å²) in [6.07, 6.45) is 0.0290. The van der Waals surface area contributed by atoms with Gasteiger partial charge in [0, 0.05) is 5.88 Å². The molecule has 0 saturated heterocycles. The summed E-state index contributed by atoms with van der Waals surface area (Å²) in [4.78, 5) is 11.4. The Morgan fingerprint density at radius 2 is 2.24 bits per heavy atom. The van der Waals surface area contributed by atoms with Crippen LogP contribution in [0.3, 0.4) is 0 Å². The van der Waals surface area contributed by atoms with E-state index in [9.17, 15) is 4.79 Å². The highest BCUT2D eigenvalue weighted by Crippen LogP contribution is 2.23. The second-order valence-electron chi connectivity index (χ2n) is 3.34. The Morgan fingerprint density at radius 3 is 2.76 bits per heavy atom. The van der Waals surface area contributed by atoms with Gasteiger partial charge in [-0.2, -0.15) is 5.26 Å². The van der Waals surface area contributed by atoms with Crippen LogP contribution in [0.2, 0.25) is 5.02 Å². The van der Waals surface area contributed by atoms with E-state index in [1.54, 1.807) is 19.1 Å². The number of alkyl halides is 1. The zero-order valence-corrected chi connectivity index (χ0v) is 10.8. The number of hydrogen-bond acceptors (Lipinski definition) is 3. The van der Waals surface area contributed by atoms with Gasteiger partial charge in [0.1, 0.15) is 6.07 Å². The second kappa shape index (κ2) is 6.48. The second-order valence-corrected chi connectivity index (χ2v) is 4.01. The van der Waals surface area contributed by atoms with Gasteiger partial charge in [-0.1, -0.05) is 17.7 Å². The molecule has 0 fully saturated rings. The lowest BCUT2D eigenvalue weighted by atomic mass is 10.0. The Balaban J connectivity index is 3.08. The molecule has 0 amide bonds. The maximum absolute atomic E-state index is 11.4. The van der Waals surface area contributed by atoms with Crippen LogP contribution >= 0.6 is 23.2 Å². The summed E-state index contributed by atoms with van der Waals surface area (Å²) in [5.74, 6) is -0.104. The minimum Gasteiger partial charge on any atom is -0.466 e. The Hall–Kier alpha value is -1.24. The van der Waals surface area contributed by atoms with Gasteiger partial charge in [0.05, 0.1) is 23.6 Å². The summed E-state index contributed by atoms with van der Waals surface area (Å²) in [5, 5.41) is 9.30. The summed E-state index contributed by atoms with van der Waals surface area (Å²) < 4.78 is 4.83. The van der Waals surface area contributed by atoms with Crippen LogP contribution in [0.4, 0.5) is 0 Å². The summed E-state index contributed by atoms with van der Waals surface area (Å²) in [6.45, 7) is 2.04. The highest BCUT2D eigenvalue weighted by molar-refractivity contribution is 6.32. The molecule has 0 aliphatic rings. The van der Waals surface area contributed by atoms with Crippen molar-refractivity contribution in [1.29, 1.82) is 5.26 Å². The van der Waals surface area contributed by atoms with Crippen LogP contribution in [0.25, 0.3) is 0 Å². The number of hydrogen-bond donors (Lipinski definition) is 0. The standard InChI is InChI=1S/C12H11Cl2NO2/c1-2-17-12(16)5-9-3-8(6-13)4-11(14)10(9)7-15/h3-4H,2,5-6H2,1H3. The van der Waals surface area contributed by atoms with Crippen molar-refractivity contribution in [3.8, 4) is 6.07 Å². The van der Waals surface area contributed by atoms with Crippen molar-refractivity contribution in [3.63, 3.8) is 0 Å². The van der Waals surface area contributed by atoms with Crippen LogP contribution in [0.15, 0.2) is 12.1 Å². The molecule has 0 aliphatic carbocycles. The van der Waals surface area contributed by atoms with E-state index < -0.39 is 0 Å². The molecule has 90 valence electrons. The van der Waals surface area contributed by atoms with Crippen LogP contribution in [0.1, 0.15) is 23.6 Å². The normalized spacial score (nSPS) is 9.76. The number of benzene rings is 1. The molecule has 1 aromatic rings. The van der Waals surface area contributed by atoms with Crippen molar-refractivity contribution in [3.05, 3.63) is 33.8 Å². The molecule has 5 heteroatoms. The lowest BCUT2D eigenvalue weighted by Gasteiger charge is -2.07. The highest BCUT2D eigenvalue weighted by Gasteiger charge is 2.13. The van der Waals surface area contributed by atoms with Crippen molar-refractivity contribution in [2.45, 2.75) is 19.2 Å². The predicted octanol–water partition coefficient (Wildman–Crippen LogP) is 3.06. The van der Waals surface area contributed by atoms with Crippen LogP contribution in [0.5, 0.6) is 0 Å². The highest BCUT2D eigenvalue weighted by atomic mass is 35.5. The molecule has 17 heavy (non-hydrogen) atoms. The third-order valence-electron chi connectivity index (χ3n) is 2.14. The van der Waals surface area contributed by atoms with Crippen molar-refractivity contribution in [2.24, 2.45) is 0 Å². The number of rotatable bonds is 4. The number of carbonyl (C=O) groups excluding carboxylic acids is 1. The third-order valence-corrected chi connectivity index (χ3v) is 2.74. The monoisotopic (exact) mass is 271 g/mol. The van der Waals surface area contributed by atoms with Crippen molar-refractivity contribution in [1.82, 2.24) is 0 Å². The number of carbonyl (C=O) groups is 1. The first-order chi connectivity index (χ1) is 8.12. The van der Waals surface area contributed by atoms with Crippen LogP contribution in [-0.4, -0.2) is 12.6 Å². The minimum absolute atomic E-state index is 0.0290. The third kappa shape index (κ3) is 3.62. The van der Waals surface area contributed by atoms with E-state index in [4.69, 9.17) is 33.2 Å². The minimum atomic E-state index is -0.383. The molecular formula is C12H11Cl2NO2. The van der Waals surface area contributed by atoms with Gasteiger partial charge < -0.3 is 4.74 Å². The Bertz CT molecular complexity index is 466. The smallest absolute Gasteiger partial charge is 0.310 e. The van der Waals surface area contributed by atoms with E-state index in [-0.39, 0.29) is 18.3 Å². The molecule has 0 heterocycles. The summed E-state index contributed by atoms with van der Waals surface area (Å²) in [5.41, 5.74) is 1.62. The van der Waals surface area contributed by atoms with Crippen molar-refractivity contribution >= 4 is 29.2 Å². The number of nitrogens with zero attached hydrogens (tertiary/aromatic N) is 1. The number of nitriles is 1. The lowest BCUT2D eigenvalue weighted by Crippen LogP contribution is -2.09. The average Bonchev–Trinajstić information content (AvgIpc) is 2.28. The molecule has 0 saturated carbocycles. The number of esters is 1. The molecule has 0 N–H and O–H groups in total. The number of halogens is 2. The maximum Gasteiger partial charge on any atom is 0.310 e. The first-order valence-corrected chi connectivity index (χ1v) is 5.96. The molecule has 3 nitrogen and oxygen atoms in total. The van der Waals surface area contributed by atoms with E-state index >= 15 is 0 Å². The summed E-state index contributed by atoms with van der Waals surface area (Å²) in [7, 11) is 0. The SMILES string of the molecule is CCOC(=O)Cc1cc(CCl)cc(Cl)c1C#N. The number of ether oxygens (including phenoxy) is 1. The molecule has 0 radical (unpaired) electrons. The quantitative estimate of drug-likeness (QED) is 0.625. The predicted molar refractivity (Wildman–Crippen MR) is 66.1 cm³/mol. The molecule has 1 rings (SSSR count). The average molecular weight is 272 g/mol. The molecule has 0 spiro atoms. The van der Waals surface area contributed by atoms with Crippen molar-refractivity contribution < 1.29 is 9.53 Å². The molecule has 0 unspecified atom stereocenters. The lowest BCUT2D eigenvalue weighted by molar-refractivity contribution is -0.142. The summed E-state index contributed by atoms with van der Waals surface area (Å²) in [6, 6.07) is 5.31. The molecule has 0 atom stereocenters. The first-order valence-electron chi connectivity index (χ1n) is 5.05. The Labute approximate surface area is 110 Å². The van der Waals surface area contributed by atoms with Gasteiger partial charge in [0.25, 0.3) is 0 Å². The fraction of sp³-hybridized carbons (Fsp3) is 0.333. The van der Waals surface area contributed by atoms with Crippen LogP contribution in [-0.2, 0) is 21.8 Å². The summed E-state index contributed by atoms with van der Waals surface area (Å²) >= 11 is 11.6. The molecule has 1 aromatic carbocycles. The Kier molecular flexibility index (Phi) is 5.27. The van der Waals surface area contributed by atoms with Gasteiger partial charge in [-0.05, 0) is 24.1 Å². The fourth-order valence-electron chi connectivity index (χ4n) is 1.44. The van der Waals surface area contributed by atoms with Gasteiger partial charge in [0.2, 0.25) is 0 Å². The molecular weight excluding hydrogens is 261 g/mol. The largest absolute Gasteiger partial charge is 0.466 e. The van der Waals surface area contributed by atoms with E-state index in [0.717, 1.165) is 5.56 Å². The maximum atomic E-state index is 11.4. The first kappa shape index (κ1) is 13.8. The van der Waals surface area contributed by atoms with Crippen LogP contribution < -0.4 is 0 Å². The van der Waals surface area contributed by atoms with E-state index in [1.807, 2.05) is 6.07 Å². The Morgan fingerprint density at radius 1 is 1.53 bits per heavy atom. The zero-order chi connectivity index (χ0) is 12.8. The molecule has 0 aromatic heterocycles. The van der Waals surface area contributed by atoms with Gasteiger partial charge >= 0.3 is 5.97 Å². The molecule has 0 bridgehead atoms. The van der Waals surface area contributed by atoms with Gasteiger partial charge in [-0.15, -0.1) is 11.6 Å². The zero-order valence-electron chi connectivity index (χ0n) is 9.30. The molecule has 0 aliphatic heterocycles. The fourth-order valence-corrected chi connectivity index (χ4v) is 1.89. The van der Waals surface area contributed by atoms with E-state index in [1.165, 1.54) is 0 Å². The van der Waals surface area contributed by atoms with Gasteiger partial charge in [-0.25, -0.2) is 0 Å².